The fourth-order valence-electron chi connectivity index (χ4n) is 2.09. The first kappa shape index (κ1) is 16.3. The van der Waals surface area contributed by atoms with Crippen molar-refractivity contribution in [1.82, 2.24) is 9.71 Å². The summed E-state index contributed by atoms with van der Waals surface area (Å²) in [5.41, 5.74) is 1.65. The van der Waals surface area contributed by atoms with Crippen molar-refractivity contribution in [3.05, 3.63) is 70.1 Å². The highest BCUT2D eigenvalue weighted by molar-refractivity contribution is 9.10. The lowest BCUT2D eigenvalue weighted by atomic mass is 10.2. The molecule has 0 fully saturated rings. The first-order valence-electron chi connectivity index (χ1n) is 6.79. The molecule has 0 bridgehead atoms. The molecule has 7 heteroatoms. The topological polar surface area (TPSA) is 59.1 Å². The third-order valence-electron chi connectivity index (χ3n) is 3.22. The van der Waals surface area contributed by atoms with Crippen molar-refractivity contribution < 1.29 is 8.42 Å². The van der Waals surface area contributed by atoms with Crippen molar-refractivity contribution in [1.29, 1.82) is 0 Å². The molecule has 0 unspecified atom stereocenters. The van der Waals surface area contributed by atoms with Crippen LogP contribution in [0.5, 0.6) is 0 Å². The molecule has 3 aromatic rings. The Balaban J connectivity index is 1.82. The van der Waals surface area contributed by atoms with Crippen molar-refractivity contribution in [2.75, 3.05) is 0 Å². The van der Waals surface area contributed by atoms with E-state index in [0.29, 0.717) is 0 Å². The molecule has 0 aliphatic carbocycles. The largest absolute Gasteiger partial charge is 0.255 e. The SMILES string of the molecule is O=S(=O)(NCc1cccnc1-c1cccs1)c1ccc(Br)cc1. The maximum atomic E-state index is 12.4. The van der Waals surface area contributed by atoms with Gasteiger partial charge < -0.3 is 0 Å². The van der Waals surface area contributed by atoms with Crippen molar-refractivity contribution in [2.24, 2.45) is 0 Å². The van der Waals surface area contributed by atoms with Gasteiger partial charge in [-0.25, -0.2) is 13.1 Å². The van der Waals surface area contributed by atoms with Gasteiger partial charge in [-0.15, -0.1) is 11.3 Å². The van der Waals surface area contributed by atoms with Crippen molar-refractivity contribution in [3.63, 3.8) is 0 Å². The minimum absolute atomic E-state index is 0.194. The summed E-state index contributed by atoms with van der Waals surface area (Å²) in [5.74, 6) is 0. The van der Waals surface area contributed by atoms with E-state index < -0.39 is 10.0 Å². The molecule has 0 aliphatic heterocycles. The van der Waals surface area contributed by atoms with Crippen LogP contribution in [0, 0.1) is 0 Å². The van der Waals surface area contributed by atoms with Gasteiger partial charge in [-0.1, -0.05) is 28.1 Å². The van der Waals surface area contributed by atoms with Gasteiger partial charge in [-0.2, -0.15) is 0 Å². The van der Waals surface area contributed by atoms with Crippen LogP contribution in [0.25, 0.3) is 10.6 Å². The first-order chi connectivity index (χ1) is 11.1. The molecule has 23 heavy (non-hydrogen) atoms. The van der Waals surface area contributed by atoms with Crippen LogP contribution in [0.4, 0.5) is 0 Å². The number of rotatable bonds is 5. The van der Waals surface area contributed by atoms with Gasteiger partial charge in [0.1, 0.15) is 0 Å². The summed E-state index contributed by atoms with van der Waals surface area (Å²) in [7, 11) is -3.56. The molecule has 2 heterocycles. The zero-order valence-corrected chi connectivity index (χ0v) is 15.2. The molecular weight excluding hydrogens is 396 g/mol. The predicted octanol–water partition coefficient (Wildman–Crippen LogP) is 4.05. The highest BCUT2D eigenvalue weighted by Crippen LogP contribution is 2.26. The van der Waals surface area contributed by atoms with E-state index in [1.165, 1.54) is 0 Å². The maximum absolute atomic E-state index is 12.4. The molecule has 0 saturated carbocycles. The summed E-state index contributed by atoms with van der Waals surface area (Å²) in [6, 6.07) is 14.1. The molecule has 0 amide bonds. The molecule has 1 aromatic carbocycles. The van der Waals surface area contributed by atoms with Gasteiger partial charge in [-0.3, -0.25) is 4.98 Å². The Hall–Kier alpha value is -1.54. The van der Waals surface area contributed by atoms with E-state index >= 15 is 0 Å². The fourth-order valence-corrected chi connectivity index (χ4v) is 4.11. The van der Waals surface area contributed by atoms with Gasteiger partial charge in [0, 0.05) is 17.2 Å². The molecule has 1 N–H and O–H groups in total. The summed E-state index contributed by atoms with van der Waals surface area (Å²) in [6.07, 6.45) is 1.71. The maximum Gasteiger partial charge on any atom is 0.240 e. The van der Waals surface area contributed by atoms with Crippen molar-refractivity contribution in [3.8, 4) is 10.6 Å². The summed E-state index contributed by atoms with van der Waals surface area (Å²) in [4.78, 5) is 5.63. The zero-order chi connectivity index (χ0) is 16.3. The Morgan fingerprint density at radius 2 is 1.87 bits per heavy atom. The number of thiophene rings is 1. The minimum Gasteiger partial charge on any atom is -0.255 e. The number of benzene rings is 1. The monoisotopic (exact) mass is 408 g/mol. The Bertz CT molecular complexity index is 892. The quantitative estimate of drug-likeness (QED) is 0.692. The van der Waals surface area contributed by atoms with E-state index in [1.54, 1.807) is 47.9 Å². The third kappa shape index (κ3) is 3.87. The number of hydrogen-bond donors (Lipinski definition) is 1. The molecular formula is C16H13BrN2O2S2. The number of pyridine rings is 1. The van der Waals surface area contributed by atoms with Crippen LogP contribution in [0.1, 0.15) is 5.56 Å². The molecule has 3 rings (SSSR count). The molecule has 4 nitrogen and oxygen atoms in total. The average Bonchev–Trinajstić information content (AvgIpc) is 3.08. The second kappa shape index (κ2) is 6.92. The van der Waals surface area contributed by atoms with E-state index in [9.17, 15) is 8.42 Å². The normalized spacial score (nSPS) is 11.5. The van der Waals surface area contributed by atoms with E-state index in [0.717, 1.165) is 20.6 Å². The lowest BCUT2D eigenvalue weighted by Crippen LogP contribution is -2.23. The van der Waals surface area contributed by atoms with Crippen molar-refractivity contribution >= 4 is 37.3 Å². The van der Waals surface area contributed by atoms with Crippen LogP contribution in [0.2, 0.25) is 0 Å². The number of halogens is 1. The number of nitrogens with zero attached hydrogens (tertiary/aromatic N) is 1. The van der Waals surface area contributed by atoms with Gasteiger partial charge in [0.2, 0.25) is 10.0 Å². The smallest absolute Gasteiger partial charge is 0.240 e. The second-order valence-corrected chi connectivity index (χ2v) is 8.40. The van der Waals surface area contributed by atoms with Gasteiger partial charge in [0.15, 0.2) is 0 Å². The number of sulfonamides is 1. The van der Waals surface area contributed by atoms with Gasteiger partial charge >= 0.3 is 0 Å². The summed E-state index contributed by atoms with van der Waals surface area (Å²) >= 11 is 4.87. The number of hydrogen-bond acceptors (Lipinski definition) is 4. The second-order valence-electron chi connectivity index (χ2n) is 4.77. The van der Waals surface area contributed by atoms with E-state index in [-0.39, 0.29) is 11.4 Å². The fraction of sp³-hybridized carbons (Fsp3) is 0.0625. The Morgan fingerprint density at radius 3 is 2.57 bits per heavy atom. The number of nitrogens with one attached hydrogen (secondary N) is 1. The van der Waals surface area contributed by atoms with Crippen LogP contribution in [-0.4, -0.2) is 13.4 Å². The minimum atomic E-state index is -3.56. The van der Waals surface area contributed by atoms with Crippen LogP contribution in [0.3, 0.4) is 0 Å². The molecule has 0 aliphatic rings. The van der Waals surface area contributed by atoms with Crippen LogP contribution < -0.4 is 4.72 Å². The summed E-state index contributed by atoms with van der Waals surface area (Å²) < 4.78 is 28.2. The van der Waals surface area contributed by atoms with Gasteiger partial charge in [0.25, 0.3) is 0 Å². The van der Waals surface area contributed by atoms with Gasteiger partial charge in [-0.05, 0) is 47.3 Å². The Kier molecular flexibility index (Phi) is 4.91. The van der Waals surface area contributed by atoms with Gasteiger partial charge in [0.05, 0.1) is 15.5 Å². The highest BCUT2D eigenvalue weighted by Gasteiger charge is 2.15. The van der Waals surface area contributed by atoms with Crippen molar-refractivity contribution in [2.45, 2.75) is 11.4 Å². The number of aromatic nitrogens is 1. The summed E-state index contributed by atoms with van der Waals surface area (Å²) in [5, 5.41) is 1.97. The van der Waals surface area contributed by atoms with E-state index in [2.05, 4.69) is 25.6 Å². The lowest BCUT2D eigenvalue weighted by molar-refractivity contribution is 0.581. The first-order valence-corrected chi connectivity index (χ1v) is 9.95. The van der Waals surface area contributed by atoms with E-state index in [1.807, 2.05) is 23.6 Å². The Morgan fingerprint density at radius 1 is 1.09 bits per heavy atom. The third-order valence-corrected chi connectivity index (χ3v) is 6.04. The van der Waals surface area contributed by atoms with Crippen LogP contribution in [0.15, 0.2) is 69.5 Å². The predicted molar refractivity (Wildman–Crippen MR) is 95.7 cm³/mol. The zero-order valence-electron chi connectivity index (χ0n) is 11.9. The summed E-state index contributed by atoms with van der Waals surface area (Å²) in [6.45, 7) is 0.194. The molecule has 0 spiro atoms. The van der Waals surface area contributed by atoms with Crippen LogP contribution >= 0.6 is 27.3 Å². The highest BCUT2D eigenvalue weighted by atomic mass is 79.9. The molecule has 0 atom stereocenters. The average molecular weight is 409 g/mol. The Labute approximate surface area is 147 Å². The van der Waals surface area contributed by atoms with Crippen LogP contribution in [-0.2, 0) is 16.6 Å². The molecule has 0 radical (unpaired) electrons. The molecule has 118 valence electrons. The lowest BCUT2D eigenvalue weighted by Gasteiger charge is -2.09. The molecule has 2 aromatic heterocycles. The standard InChI is InChI=1S/C16H13BrN2O2S2/c17-13-5-7-14(8-6-13)23(20,21)19-11-12-3-1-9-18-16(12)15-4-2-10-22-15/h1-10,19H,11H2. The van der Waals surface area contributed by atoms with E-state index in [4.69, 9.17) is 0 Å². The molecule has 0 saturated heterocycles.